The van der Waals surface area contributed by atoms with Crippen molar-refractivity contribution in [1.82, 2.24) is 0 Å². The quantitative estimate of drug-likeness (QED) is 0.589. The van der Waals surface area contributed by atoms with E-state index in [4.69, 9.17) is 14.2 Å². The molecule has 0 unspecified atom stereocenters. The van der Waals surface area contributed by atoms with Gasteiger partial charge in [0.2, 0.25) is 0 Å². The van der Waals surface area contributed by atoms with Crippen LogP contribution in [0.2, 0.25) is 0 Å². The van der Waals surface area contributed by atoms with E-state index in [1.54, 1.807) is 14.2 Å². The lowest BCUT2D eigenvalue weighted by Crippen LogP contribution is -2.84. The van der Waals surface area contributed by atoms with Gasteiger partial charge in [-0.15, -0.1) is 0 Å². The molecule has 1 saturated heterocycles. The molecule has 2 aliphatic carbocycles. The van der Waals surface area contributed by atoms with E-state index in [0.29, 0.717) is 11.8 Å². The van der Waals surface area contributed by atoms with Gasteiger partial charge in [-0.25, -0.2) is 0 Å². The molecule has 0 spiro atoms. The van der Waals surface area contributed by atoms with Crippen LogP contribution in [-0.2, 0) is 16.1 Å². The van der Waals surface area contributed by atoms with E-state index < -0.39 is 0 Å². The zero-order chi connectivity index (χ0) is 20.6. The first-order valence-electron chi connectivity index (χ1n) is 10.9. The molecule has 29 heavy (non-hydrogen) atoms. The maximum atomic E-state index is 12.7. The molecule has 158 valence electrons. The fraction of sp³-hybridized carbons (Fsp3) is 0.625. The van der Waals surface area contributed by atoms with Gasteiger partial charge in [0.1, 0.15) is 18.6 Å². The van der Waals surface area contributed by atoms with Crippen LogP contribution in [0.4, 0.5) is 0 Å². The van der Waals surface area contributed by atoms with Crippen molar-refractivity contribution in [3.05, 3.63) is 35.9 Å². The van der Waals surface area contributed by atoms with Crippen LogP contribution < -0.4 is 14.8 Å². The number of benzene rings is 1. The minimum absolute atomic E-state index is 0.00331. The molecule has 5 nitrogen and oxygen atoms in total. The fourth-order valence-electron chi connectivity index (χ4n) is 5.96. The third-order valence-corrected chi connectivity index (χ3v) is 7.57. The number of quaternary nitrogens is 1. The standard InChI is InChI=1S/C24H33NO4/c1-15-6-5-9-24(2)12-22-17(11-19(15)24)18(23(26)29-22)14-25-13-16-7-8-20(27-3)21(10-16)28-4/h7-8,10,17-19,22,25H,1,5-6,9,11-14H2,2-4H3/p+1/t17-,18+,19+,22-,24-/m1/s1. The number of ether oxygens (including phenoxy) is 3. The second kappa shape index (κ2) is 8.02. The lowest BCUT2D eigenvalue weighted by Gasteiger charge is -2.49. The van der Waals surface area contributed by atoms with E-state index in [2.05, 4.69) is 18.8 Å². The highest BCUT2D eigenvalue weighted by atomic mass is 16.6. The molecular formula is C24H34NO4+. The van der Waals surface area contributed by atoms with Crippen LogP contribution >= 0.6 is 0 Å². The third kappa shape index (κ3) is 3.77. The molecule has 0 radical (unpaired) electrons. The molecule has 1 aromatic rings. The fourth-order valence-corrected chi connectivity index (χ4v) is 5.96. The highest BCUT2D eigenvalue weighted by molar-refractivity contribution is 5.75. The molecule has 0 aromatic heterocycles. The molecule has 0 bridgehead atoms. The Morgan fingerprint density at radius 1 is 1.28 bits per heavy atom. The molecule has 5 atom stereocenters. The lowest BCUT2D eigenvalue weighted by atomic mass is 9.55. The van der Waals surface area contributed by atoms with Gasteiger partial charge in [-0.2, -0.15) is 0 Å². The molecule has 1 heterocycles. The second-order valence-electron chi connectivity index (χ2n) is 9.32. The van der Waals surface area contributed by atoms with Gasteiger partial charge < -0.3 is 19.5 Å². The van der Waals surface area contributed by atoms with Crippen molar-refractivity contribution >= 4 is 5.97 Å². The van der Waals surface area contributed by atoms with Crippen LogP contribution in [0.25, 0.3) is 0 Å². The summed E-state index contributed by atoms with van der Waals surface area (Å²) in [5.74, 6) is 2.32. The molecule has 0 amide bonds. The molecule has 1 aromatic carbocycles. The lowest BCUT2D eigenvalue weighted by molar-refractivity contribution is -0.675. The van der Waals surface area contributed by atoms with Crippen molar-refractivity contribution in [3.8, 4) is 11.5 Å². The number of hydrogen-bond donors (Lipinski definition) is 1. The molecule has 4 rings (SSSR count). The summed E-state index contributed by atoms with van der Waals surface area (Å²) < 4.78 is 16.6. The topological polar surface area (TPSA) is 61.4 Å². The number of fused-ring (bicyclic) bond motifs is 2. The van der Waals surface area contributed by atoms with Gasteiger partial charge >= 0.3 is 5.97 Å². The Kier molecular flexibility index (Phi) is 5.60. The highest BCUT2D eigenvalue weighted by Gasteiger charge is 2.55. The first-order valence-corrected chi connectivity index (χ1v) is 10.9. The van der Waals surface area contributed by atoms with E-state index in [9.17, 15) is 4.79 Å². The smallest absolute Gasteiger partial charge is 0.315 e. The predicted molar refractivity (Wildman–Crippen MR) is 111 cm³/mol. The Labute approximate surface area is 173 Å². The van der Waals surface area contributed by atoms with Gasteiger partial charge in [-0.05, 0) is 61.6 Å². The Hall–Kier alpha value is -2.01. The van der Waals surface area contributed by atoms with E-state index in [0.717, 1.165) is 49.4 Å². The van der Waals surface area contributed by atoms with E-state index in [-0.39, 0.29) is 23.4 Å². The average Bonchev–Trinajstić information content (AvgIpc) is 3.00. The van der Waals surface area contributed by atoms with Gasteiger partial charge in [0.15, 0.2) is 11.5 Å². The maximum absolute atomic E-state index is 12.7. The van der Waals surface area contributed by atoms with Crippen LogP contribution in [0.3, 0.4) is 0 Å². The van der Waals surface area contributed by atoms with Crippen molar-refractivity contribution in [1.29, 1.82) is 0 Å². The summed E-state index contributed by atoms with van der Waals surface area (Å²) in [5.41, 5.74) is 2.81. The number of nitrogens with two attached hydrogens (primary N) is 1. The van der Waals surface area contributed by atoms with Gasteiger partial charge in [0.05, 0.1) is 20.8 Å². The molecule has 1 aliphatic heterocycles. The largest absolute Gasteiger partial charge is 0.493 e. The van der Waals surface area contributed by atoms with Gasteiger partial charge in [-0.3, -0.25) is 4.79 Å². The van der Waals surface area contributed by atoms with Gasteiger partial charge in [-0.1, -0.05) is 19.1 Å². The number of carbonyl (C=O) groups is 1. The zero-order valence-electron chi connectivity index (χ0n) is 17.9. The minimum Gasteiger partial charge on any atom is -0.493 e. The first-order chi connectivity index (χ1) is 13.9. The number of hydrogen-bond acceptors (Lipinski definition) is 4. The Morgan fingerprint density at radius 3 is 2.83 bits per heavy atom. The highest BCUT2D eigenvalue weighted by Crippen LogP contribution is 2.56. The molecule has 3 aliphatic rings. The molecule has 2 saturated carbocycles. The summed E-state index contributed by atoms with van der Waals surface area (Å²) in [5, 5.41) is 2.22. The maximum Gasteiger partial charge on any atom is 0.315 e. The Morgan fingerprint density at radius 2 is 2.07 bits per heavy atom. The van der Waals surface area contributed by atoms with Gasteiger partial charge in [0, 0.05) is 11.5 Å². The number of carbonyl (C=O) groups excluding carboxylic acids is 1. The third-order valence-electron chi connectivity index (χ3n) is 7.57. The first kappa shape index (κ1) is 20.3. The van der Waals surface area contributed by atoms with Crippen LogP contribution in [-0.4, -0.2) is 32.8 Å². The number of allylic oxidation sites excluding steroid dienone is 1. The van der Waals surface area contributed by atoms with Crippen molar-refractivity contribution < 1.29 is 24.3 Å². The summed E-state index contributed by atoms with van der Waals surface area (Å²) in [6, 6.07) is 5.98. The number of rotatable bonds is 6. The van der Waals surface area contributed by atoms with Crippen LogP contribution in [0, 0.1) is 23.2 Å². The van der Waals surface area contributed by atoms with Crippen molar-refractivity contribution in [2.45, 2.75) is 51.7 Å². The zero-order valence-corrected chi connectivity index (χ0v) is 17.9. The molecular weight excluding hydrogens is 366 g/mol. The SMILES string of the molecule is C=C1CCC[C@]2(C)C[C@H]3OC(=O)[C@@H](C[NH2+]Cc4ccc(OC)c(OC)c4)[C@H]3C[C@@H]12. The summed E-state index contributed by atoms with van der Waals surface area (Å²) >= 11 is 0. The van der Waals surface area contributed by atoms with E-state index in [1.165, 1.54) is 18.4 Å². The molecule has 2 N–H and O–H groups in total. The number of esters is 1. The normalized spacial score (nSPS) is 33.6. The Bertz CT molecular complexity index is 791. The van der Waals surface area contributed by atoms with E-state index >= 15 is 0 Å². The summed E-state index contributed by atoms with van der Waals surface area (Å²) in [6.07, 6.45) is 5.74. The van der Waals surface area contributed by atoms with Gasteiger partial charge in [0.25, 0.3) is 0 Å². The van der Waals surface area contributed by atoms with Crippen molar-refractivity contribution in [3.63, 3.8) is 0 Å². The average molecular weight is 401 g/mol. The summed E-state index contributed by atoms with van der Waals surface area (Å²) in [7, 11) is 3.29. The monoisotopic (exact) mass is 400 g/mol. The van der Waals surface area contributed by atoms with E-state index in [1.807, 2.05) is 18.2 Å². The second-order valence-corrected chi connectivity index (χ2v) is 9.32. The van der Waals surface area contributed by atoms with Crippen LogP contribution in [0.15, 0.2) is 30.4 Å². The summed E-state index contributed by atoms with van der Waals surface area (Å²) in [6.45, 7) is 8.33. The van der Waals surface area contributed by atoms with Crippen LogP contribution in [0.1, 0.15) is 44.6 Å². The Balaban J connectivity index is 1.39. The molecule has 5 heteroatoms. The summed E-state index contributed by atoms with van der Waals surface area (Å²) in [4.78, 5) is 12.7. The minimum atomic E-state index is -0.0144. The van der Waals surface area contributed by atoms with Crippen molar-refractivity contribution in [2.75, 3.05) is 20.8 Å². The predicted octanol–water partition coefficient (Wildman–Crippen LogP) is 3.08. The number of methoxy groups -OCH3 is 2. The van der Waals surface area contributed by atoms with Crippen LogP contribution in [0.5, 0.6) is 11.5 Å². The van der Waals surface area contributed by atoms with Crippen molar-refractivity contribution in [2.24, 2.45) is 23.2 Å². The molecule has 3 fully saturated rings.